The molecule has 2 aromatic rings. The van der Waals surface area contributed by atoms with Gasteiger partial charge in [0, 0.05) is 16.1 Å². The Morgan fingerprint density at radius 2 is 1.93 bits per heavy atom. The van der Waals surface area contributed by atoms with Gasteiger partial charge >= 0.3 is 0 Å². The minimum Gasteiger partial charge on any atom is -0.496 e. The number of hydrogen-bond acceptors (Lipinski definition) is 4. The normalized spacial score (nSPS) is 24.8. The summed E-state index contributed by atoms with van der Waals surface area (Å²) in [6.45, 7) is 7.02. The van der Waals surface area contributed by atoms with Crippen molar-refractivity contribution in [2.75, 3.05) is 13.7 Å². The highest BCUT2D eigenvalue weighted by Gasteiger charge is 2.36. The molecular weight excluding hydrogens is 483 g/mol. The van der Waals surface area contributed by atoms with Gasteiger partial charge in [0.25, 0.3) is 0 Å². The number of thioether (sulfide) groups is 1. The largest absolute Gasteiger partial charge is 0.496 e. The lowest BCUT2D eigenvalue weighted by Gasteiger charge is -2.36. The van der Waals surface area contributed by atoms with Crippen LogP contribution in [0.25, 0.3) is 0 Å². The molecule has 1 fully saturated rings. The second-order valence-electron chi connectivity index (χ2n) is 7.39. The van der Waals surface area contributed by atoms with E-state index in [4.69, 9.17) is 9.47 Å². The maximum atomic E-state index is 10.5. The predicted molar refractivity (Wildman–Crippen MR) is 126 cm³/mol. The minimum atomic E-state index is -0.276. The molecule has 2 aromatic carbocycles. The van der Waals surface area contributed by atoms with E-state index in [1.165, 1.54) is 22.3 Å². The molecule has 0 radical (unpaired) electrons. The Kier molecular flexibility index (Phi) is 7.56. The number of alkyl halides is 1. The van der Waals surface area contributed by atoms with E-state index in [0.29, 0.717) is 11.9 Å². The molecule has 1 aliphatic heterocycles. The van der Waals surface area contributed by atoms with E-state index < -0.39 is 0 Å². The van der Waals surface area contributed by atoms with Gasteiger partial charge < -0.3 is 14.6 Å². The van der Waals surface area contributed by atoms with Crippen molar-refractivity contribution in [2.24, 2.45) is 0 Å². The molecule has 28 heavy (non-hydrogen) atoms. The summed E-state index contributed by atoms with van der Waals surface area (Å²) in [5, 5.41) is 11.2. The third-order valence-corrected chi connectivity index (χ3v) is 8.77. The molecule has 0 saturated carbocycles. The van der Waals surface area contributed by atoms with Crippen molar-refractivity contribution >= 4 is 34.4 Å². The molecule has 1 heterocycles. The first kappa shape index (κ1) is 21.8. The Morgan fingerprint density at radius 1 is 1.21 bits per heavy atom. The molecule has 4 unspecified atom stereocenters. The Morgan fingerprint density at radius 3 is 2.57 bits per heavy atom. The molecule has 152 valence electrons. The molecule has 3 rings (SSSR count). The first-order valence-electron chi connectivity index (χ1n) is 9.79. The number of hydrogen-bond donors (Lipinski definition) is 1. The van der Waals surface area contributed by atoms with Crippen molar-refractivity contribution in [1.29, 1.82) is 0 Å². The van der Waals surface area contributed by atoms with Crippen molar-refractivity contribution in [3.63, 3.8) is 0 Å². The molecule has 0 bridgehead atoms. The van der Waals surface area contributed by atoms with Gasteiger partial charge in [-0.1, -0.05) is 47.7 Å². The van der Waals surface area contributed by atoms with Gasteiger partial charge in [0.1, 0.15) is 11.5 Å². The molecule has 1 N–H and O–H groups in total. The van der Waals surface area contributed by atoms with Crippen molar-refractivity contribution in [2.45, 2.75) is 54.1 Å². The third kappa shape index (κ3) is 4.97. The lowest BCUT2D eigenvalue weighted by molar-refractivity contribution is 0.160. The minimum absolute atomic E-state index is 0.175. The Bertz CT molecular complexity index is 793. The van der Waals surface area contributed by atoms with E-state index in [0.717, 1.165) is 24.3 Å². The van der Waals surface area contributed by atoms with Gasteiger partial charge in [-0.05, 0) is 61.6 Å². The van der Waals surface area contributed by atoms with E-state index in [-0.39, 0.29) is 15.3 Å². The van der Waals surface area contributed by atoms with Crippen LogP contribution in [0, 0.1) is 6.92 Å². The van der Waals surface area contributed by atoms with Gasteiger partial charge in [-0.15, -0.1) is 11.8 Å². The fraction of sp³-hybridized carbons (Fsp3) is 0.478. The lowest BCUT2D eigenvalue weighted by Crippen LogP contribution is -2.34. The zero-order chi connectivity index (χ0) is 20.3. The van der Waals surface area contributed by atoms with Crippen LogP contribution in [0.1, 0.15) is 47.8 Å². The highest BCUT2D eigenvalue weighted by Crippen LogP contribution is 2.49. The lowest BCUT2D eigenvalue weighted by atomic mass is 9.94. The third-order valence-electron chi connectivity index (χ3n) is 5.23. The number of rotatable bonds is 6. The van der Waals surface area contributed by atoms with Crippen molar-refractivity contribution in [1.82, 2.24) is 0 Å². The number of ether oxygens (including phenoxy) is 2. The van der Waals surface area contributed by atoms with E-state index in [9.17, 15) is 5.11 Å². The average molecular weight is 512 g/mol. The summed E-state index contributed by atoms with van der Waals surface area (Å²) in [5.41, 5.74) is 4.99. The molecule has 4 atom stereocenters. The quantitative estimate of drug-likeness (QED) is 0.397. The van der Waals surface area contributed by atoms with Crippen LogP contribution in [-0.2, 0) is 6.42 Å². The standard InChI is InChI=1S/C23H29IO3S/c1-5-27-18-8-6-16(7-9-18)12-17-13-19(21(26-4)10-14(17)2)23-22(24)20(25)11-15(3)28-23/h6-10,13,15,20,22-23,25H,5,11-12H2,1-4H3. The summed E-state index contributed by atoms with van der Waals surface area (Å²) in [7, 11) is 1.74. The molecular formula is C23H29IO3S. The van der Waals surface area contributed by atoms with Gasteiger partial charge in [0.15, 0.2) is 0 Å². The molecule has 1 saturated heterocycles. The van der Waals surface area contributed by atoms with Gasteiger partial charge in [-0.2, -0.15) is 0 Å². The molecule has 0 spiro atoms. The number of halogens is 1. The van der Waals surface area contributed by atoms with Crippen LogP contribution in [0.5, 0.6) is 11.5 Å². The SMILES string of the molecule is CCOc1ccc(Cc2cc(C3SC(C)CC(O)C3I)c(OC)cc2C)cc1. The highest BCUT2D eigenvalue weighted by molar-refractivity contribution is 14.1. The number of aliphatic hydroxyl groups is 1. The maximum Gasteiger partial charge on any atom is 0.123 e. The van der Waals surface area contributed by atoms with Crippen LogP contribution in [-0.4, -0.2) is 34.1 Å². The fourth-order valence-corrected chi connectivity index (χ4v) is 6.38. The molecule has 0 amide bonds. The highest BCUT2D eigenvalue weighted by atomic mass is 127. The van der Waals surface area contributed by atoms with E-state index >= 15 is 0 Å². The zero-order valence-corrected chi connectivity index (χ0v) is 19.9. The molecule has 3 nitrogen and oxygen atoms in total. The summed E-state index contributed by atoms with van der Waals surface area (Å²) >= 11 is 4.35. The topological polar surface area (TPSA) is 38.7 Å². The molecule has 0 aliphatic carbocycles. The first-order chi connectivity index (χ1) is 13.4. The van der Waals surface area contributed by atoms with Crippen molar-refractivity contribution in [3.05, 3.63) is 58.7 Å². The van der Waals surface area contributed by atoms with Gasteiger partial charge in [-0.3, -0.25) is 0 Å². The Balaban J connectivity index is 1.91. The van der Waals surface area contributed by atoms with Crippen LogP contribution in [0.4, 0.5) is 0 Å². The maximum absolute atomic E-state index is 10.5. The number of benzene rings is 2. The molecule has 0 aromatic heterocycles. The van der Waals surface area contributed by atoms with E-state index in [1.807, 2.05) is 30.8 Å². The summed E-state index contributed by atoms with van der Waals surface area (Å²) in [6.07, 6.45) is 1.45. The van der Waals surface area contributed by atoms with E-state index in [1.54, 1.807) is 7.11 Å². The van der Waals surface area contributed by atoms with Crippen LogP contribution in [0.2, 0.25) is 0 Å². The first-order valence-corrected chi connectivity index (χ1v) is 12.0. The van der Waals surface area contributed by atoms with Gasteiger partial charge in [0.05, 0.1) is 23.7 Å². The van der Waals surface area contributed by atoms with Gasteiger partial charge in [-0.25, -0.2) is 0 Å². The molecule has 5 heteroatoms. The van der Waals surface area contributed by atoms with Crippen molar-refractivity contribution in [3.8, 4) is 11.5 Å². The summed E-state index contributed by atoms with van der Waals surface area (Å²) < 4.78 is 11.5. The fourth-order valence-electron chi connectivity index (χ4n) is 3.72. The zero-order valence-electron chi connectivity index (χ0n) is 16.9. The Labute approximate surface area is 186 Å². The Hall–Kier alpha value is -0.920. The summed E-state index contributed by atoms with van der Waals surface area (Å²) in [5.74, 6) is 1.83. The second kappa shape index (κ2) is 9.72. The van der Waals surface area contributed by atoms with Crippen LogP contribution in [0.3, 0.4) is 0 Å². The smallest absolute Gasteiger partial charge is 0.123 e. The predicted octanol–water partition coefficient (Wildman–Crippen LogP) is 5.72. The molecule has 1 aliphatic rings. The van der Waals surface area contributed by atoms with Crippen LogP contribution >= 0.6 is 34.4 Å². The van der Waals surface area contributed by atoms with Crippen LogP contribution < -0.4 is 9.47 Å². The van der Waals surface area contributed by atoms with Gasteiger partial charge in [0.2, 0.25) is 0 Å². The summed E-state index contributed by atoms with van der Waals surface area (Å²) in [4.78, 5) is 0. The van der Waals surface area contributed by atoms with E-state index in [2.05, 4.69) is 60.7 Å². The summed E-state index contributed by atoms with van der Waals surface area (Å²) in [6, 6.07) is 12.8. The van der Waals surface area contributed by atoms with Crippen molar-refractivity contribution < 1.29 is 14.6 Å². The van der Waals surface area contributed by atoms with Crippen LogP contribution in [0.15, 0.2) is 36.4 Å². The monoisotopic (exact) mass is 512 g/mol. The average Bonchev–Trinajstić information content (AvgIpc) is 2.67. The number of aryl methyl sites for hydroxylation is 1. The number of methoxy groups -OCH3 is 1. The second-order valence-corrected chi connectivity index (χ2v) is 10.4. The number of aliphatic hydroxyl groups excluding tert-OH is 1.